The topological polar surface area (TPSA) is 76.2 Å². The number of aryl methyl sites for hydroxylation is 1. The highest BCUT2D eigenvalue weighted by atomic mass is 16.5. The van der Waals surface area contributed by atoms with Gasteiger partial charge in [-0.15, -0.1) is 0 Å². The first-order valence-corrected chi connectivity index (χ1v) is 7.87. The van der Waals surface area contributed by atoms with Crippen LogP contribution < -0.4 is 0 Å². The summed E-state index contributed by atoms with van der Waals surface area (Å²) in [6.45, 7) is 5.09. The number of benzene rings is 1. The predicted molar refractivity (Wildman–Crippen MR) is 90.6 cm³/mol. The van der Waals surface area contributed by atoms with E-state index < -0.39 is 5.97 Å². The molecule has 0 aliphatic heterocycles. The van der Waals surface area contributed by atoms with E-state index in [4.69, 9.17) is 4.74 Å². The van der Waals surface area contributed by atoms with E-state index in [9.17, 15) is 14.4 Å². The van der Waals surface area contributed by atoms with Gasteiger partial charge in [0.05, 0.1) is 6.61 Å². The van der Waals surface area contributed by atoms with E-state index in [1.807, 2.05) is 18.2 Å². The number of rotatable bonds is 7. The van der Waals surface area contributed by atoms with Gasteiger partial charge in [0.15, 0.2) is 11.6 Å². The molecule has 5 nitrogen and oxygen atoms in total. The Morgan fingerprint density at radius 2 is 1.75 bits per heavy atom. The number of hydrogen-bond donors (Lipinski definition) is 1. The number of ether oxygens (including phenoxy) is 1. The number of nitrogens with one attached hydrogen (secondary N) is 1. The highest BCUT2D eigenvalue weighted by Crippen LogP contribution is 2.19. The van der Waals surface area contributed by atoms with Crippen molar-refractivity contribution in [1.82, 2.24) is 4.98 Å². The minimum absolute atomic E-state index is 0.0254. The second kappa shape index (κ2) is 7.73. The lowest BCUT2D eigenvalue weighted by Crippen LogP contribution is -2.10. The molecule has 0 aliphatic carbocycles. The lowest BCUT2D eigenvalue weighted by atomic mass is 10.1. The van der Waals surface area contributed by atoms with Crippen molar-refractivity contribution in [3.63, 3.8) is 0 Å². The summed E-state index contributed by atoms with van der Waals surface area (Å²) < 4.78 is 5.21. The molecule has 5 heteroatoms. The van der Waals surface area contributed by atoms with Crippen LogP contribution in [0, 0.1) is 13.8 Å². The molecule has 0 amide bonds. The SMILES string of the molecule is CC(=O)c1c(C)[nH]c(C(=O)OCCCC(=O)c2ccccc2)c1C. The molecular weight excluding hydrogens is 306 g/mol. The van der Waals surface area contributed by atoms with Crippen LogP contribution in [0.2, 0.25) is 0 Å². The Balaban J connectivity index is 1.87. The largest absolute Gasteiger partial charge is 0.461 e. The summed E-state index contributed by atoms with van der Waals surface area (Å²) in [5.74, 6) is -0.568. The van der Waals surface area contributed by atoms with Gasteiger partial charge in [-0.25, -0.2) is 4.79 Å². The van der Waals surface area contributed by atoms with Crippen LogP contribution in [0.5, 0.6) is 0 Å². The van der Waals surface area contributed by atoms with Crippen molar-refractivity contribution >= 4 is 17.5 Å². The summed E-state index contributed by atoms with van der Waals surface area (Å²) in [4.78, 5) is 38.6. The van der Waals surface area contributed by atoms with Gasteiger partial charge >= 0.3 is 5.97 Å². The van der Waals surface area contributed by atoms with Gasteiger partial charge in [0.1, 0.15) is 5.69 Å². The minimum atomic E-state index is -0.504. The van der Waals surface area contributed by atoms with E-state index in [1.54, 1.807) is 26.0 Å². The fourth-order valence-corrected chi connectivity index (χ4v) is 2.72. The lowest BCUT2D eigenvalue weighted by molar-refractivity contribution is 0.0487. The van der Waals surface area contributed by atoms with Crippen LogP contribution in [0.15, 0.2) is 30.3 Å². The molecule has 0 spiro atoms. The van der Waals surface area contributed by atoms with Crippen LogP contribution in [0.3, 0.4) is 0 Å². The number of aromatic nitrogens is 1. The summed E-state index contributed by atoms with van der Waals surface area (Å²) in [5, 5.41) is 0. The zero-order chi connectivity index (χ0) is 17.7. The molecule has 0 saturated carbocycles. The van der Waals surface area contributed by atoms with E-state index in [-0.39, 0.29) is 18.2 Å². The quantitative estimate of drug-likeness (QED) is 0.478. The van der Waals surface area contributed by atoms with Gasteiger partial charge in [0.2, 0.25) is 0 Å². The molecular formula is C19H21NO4. The molecule has 0 unspecified atom stereocenters. The molecule has 1 N–H and O–H groups in total. The number of ketones is 2. The van der Waals surface area contributed by atoms with Gasteiger partial charge < -0.3 is 9.72 Å². The number of aromatic amines is 1. The molecule has 2 rings (SSSR count). The standard InChI is InChI=1S/C19H21NO4/c1-12-17(14(3)21)13(2)20-18(12)19(23)24-11-7-10-16(22)15-8-5-4-6-9-15/h4-6,8-9,20H,7,10-11H2,1-3H3. The summed E-state index contributed by atoms with van der Waals surface area (Å²) in [7, 11) is 0. The third kappa shape index (κ3) is 3.98. The highest BCUT2D eigenvalue weighted by Gasteiger charge is 2.20. The van der Waals surface area contributed by atoms with Crippen LogP contribution in [0.25, 0.3) is 0 Å². The van der Waals surface area contributed by atoms with Gasteiger partial charge in [-0.05, 0) is 32.8 Å². The third-order valence-corrected chi connectivity index (χ3v) is 3.87. The highest BCUT2D eigenvalue weighted by molar-refractivity contribution is 6.01. The normalized spacial score (nSPS) is 10.5. The Labute approximate surface area is 141 Å². The maximum atomic E-state index is 12.1. The molecule has 0 atom stereocenters. The van der Waals surface area contributed by atoms with Crippen molar-refractivity contribution < 1.29 is 19.1 Å². The first kappa shape index (κ1) is 17.7. The number of Topliss-reactive ketones (excluding diaryl/α,β-unsaturated/α-hetero) is 2. The zero-order valence-corrected chi connectivity index (χ0v) is 14.1. The molecule has 1 heterocycles. The Kier molecular flexibility index (Phi) is 5.68. The monoisotopic (exact) mass is 327 g/mol. The smallest absolute Gasteiger partial charge is 0.355 e. The second-order valence-corrected chi connectivity index (χ2v) is 5.71. The lowest BCUT2D eigenvalue weighted by Gasteiger charge is -2.05. The molecule has 0 saturated heterocycles. The van der Waals surface area contributed by atoms with Gasteiger partial charge in [-0.1, -0.05) is 30.3 Å². The molecule has 126 valence electrons. The van der Waals surface area contributed by atoms with Crippen LogP contribution >= 0.6 is 0 Å². The van der Waals surface area contributed by atoms with E-state index in [2.05, 4.69) is 4.98 Å². The third-order valence-electron chi connectivity index (χ3n) is 3.87. The molecule has 0 aliphatic rings. The predicted octanol–water partition coefficient (Wildman–Crippen LogP) is 3.65. The van der Waals surface area contributed by atoms with Crippen molar-refractivity contribution in [1.29, 1.82) is 0 Å². The van der Waals surface area contributed by atoms with Crippen molar-refractivity contribution in [2.45, 2.75) is 33.6 Å². The number of carbonyl (C=O) groups is 3. The van der Waals surface area contributed by atoms with Crippen molar-refractivity contribution in [2.75, 3.05) is 6.61 Å². The van der Waals surface area contributed by atoms with Gasteiger partial charge in [0, 0.05) is 23.2 Å². The van der Waals surface area contributed by atoms with Crippen molar-refractivity contribution in [3.8, 4) is 0 Å². The molecule has 0 radical (unpaired) electrons. The number of hydrogen-bond acceptors (Lipinski definition) is 4. The number of esters is 1. The van der Waals surface area contributed by atoms with Gasteiger partial charge in [-0.3, -0.25) is 9.59 Å². The first-order chi connectivity index (χ1) is 11.4. The fourth-order valence-electron chi connectivity index (χ4n) is 2.72. The van der Waals surface area contributed by atoms with Gasteiger partial charge in [-0.2, -0.15) is 0 Å². The summed E-state index contributed by atoms with van der Waals surface area (Å²) in [5.41, 5.74) is 2.75. The molecule has 0 fully saturated rings. The average molecular weight is 327 g/mol. The Morgan fingerprint density at radius 1 is 1.08 bits per heavy atom. The number of carbonyl (C=O) groups excluding carboxylic acids is 3. The van der Waals surface area contributed by atoms with Crippen LogP contribution in [-0.4, -0.2) is 29.1 Å². The van der Waals surface area contributed by atoms with E-state index in [0.29, 0.717) is 40.9 Å². The van der Waals surface area contributed by atoms with E-state index in [0.717, 1.165) is 0 Å². The van der Waals surface area contributed by atoms with Crippen LogP contribution in [0.4, 0.5) is 0 Å². The number of H-pyrrole nitrogens is 1. The molecule has 1 aromatic carbocycles. The molecule has 2 aromatic rings. The maximum Gasteiger partial charge on any atom is 0.355 e. The first-order valence-electron chi connectivity index (χ1n) is 7.87. The summed E-state index contributed by atoms with van der Waals surface area (Å²) in [6, 6.07) is 9.02. The summed E-state index contributed by atoms with van der Waals surface area (Å²) in [6.07, 6.45) is 0.774. The molecule has 0 bridgehead atoms. The van der Waals surface area contributed by atoms with E-state index >= 15 is 0 Å². The Bertz CT molecular complexity index is 759. The molecule has 1 aromatic heterocycles. The Morgan fingerprint density at radius 3 is 2.33 bits per heavy atom. The summed E-state index contributed by atoms with van der Waals surface area (Å²) >= 11 is 0. The van der Waals surface area contributed by atoms with Crippen LogP contribution in [0.1, 0.15) is 62.2 Å². The fraction of sp³-hybridized carbons (Fsp3) is 0.316. The van der Waals surface area contributed by atoms with Crippen molar-refractivity contribution in [2.24, 2.45) is 0 Å². The molecule has 24 heavy (non-hydrogen) atoms. The maximum absolute atomic E-state index is 12.1. The van der Waals surface area contributed by atoms with Crippen LogP contribution in [-0.2, 0) is 4.74 Å². The van der Waals surface area contributed by atoms with E-state index in [1.165, 1.54) is 6.92 Å². The van der Waals surface area contributed by atoms with Crippen molar-refractivity contribution in [3.05, 3.63) is 58.4 Å². The minimum Gasteiger partial charge on any atom is -0.461 e. The van der Waals surface area contributed by atoms with Gasteiger partial charge in [0.25, 0.3) is 0 Å². The Hall–Kier alpha value is -2.69. The average Bonchev–Trinajstić information content (AvgIpc) is 2.86. The zero-order valence-electron chi connectivity index (χ0n) is 14.1. The second-order valence-electron chi connectivity index (χ2n) is 5.71.